The molecule has 0 atom stereocenters. The number of nitrogens with one attached hydrogen (secondary N) is 1. The predicted molar refractivity (Wildman–Crippen MR) is 78.2 cm³/mol. The SMILES string of the molecule is COc1ccc(CNCc2ccccc2O)c(OC)c1. The average Bonchev–Trinajstić information content (AvgIpc) is 2.49. The van der Waals surface area contributed by atoms with Gasteiger partial charge in [0, 0.05) is 30.3 Å². The van der Waals surface area contributed by atoms with Crippen molar-refractivity contribution in [1.82, 2.24) is 5.32 Å². The van der Waals surface area contributed by atoms with Crippen molar-refractivity contribution >= 4 is 0 Å². The zero-order valence-corrected chi connectivity index (χ0v) is 11.7. The minimum atomic E-state index is 0.307. The van der Waals surface area contributed by atoms with E-state index in [1.165, 1.54) is 0 Å². The number of hydrogen-bond donors (Lipinski definition) is 2. The van der Waals surface area contributed by atoms with Gasteiger partial charge in [-0.3, -0.25) is 0 Å². The molecule has 20 heavy (non-hydrogen) atoms. The van der Waals surface area contributed by atoms with Gasteiger partial charge >= 0.3 is 0 Å². The van der Waals surface area contributed by atoms with E-state index in [0.29, 0.717) is 18.8 Å². The summed E-state index contributed by atoms with van der Waals surface area (Å²) < 4.78 is 10.5. The average molecular weight is 273 g/mol. The van der Waals surface area contributed by atoms with Gasteiger partial charge in [0.25, 0.3) is 0 Å². The molecule has 0 aromatic heterocycles. The maximum absolute atomic E-state index is 9.70. The van der Waals surface area contributed by atoms with Gasteiger partial charge in [-0.1, -0.05) is 24.3 Å². The minimum absolute atomic E-state index is 0.307. The Morgan fingerprint density at radius 2 is 1.70 bits per heavy atom. The molecular weight excluding hydrogens is 254 g/mol. The smallest absolute Gasteiger partial charge is 0.127 e. The number of rotatable bonds is 6. The van der Waals surface area contributed by atoms with Crippen molar-refractivity contribution in [1.29, 1.82) is 0 Å². The lowest BCUT2D eigenvalue weighted by molar-refractivity contribution is 0.389. The molecule has 0 unspecified atom stereocenters. The summed E-state index contributed by atoms with van der Waals surface area (Å²) in [6.07, 6.45) is 0. The van der Waals surface area contributed by atoms with Crippen LogP contribution in [-0.4, -0.2) is 19.3 Å². The van der Waals surface area contributed by atoms with Crippen LogP contribution in [0.25, 0.3) is 0 Å². The number of aromatic hydroxyl groups is 1. The molecule has 0 saturated heterocycles. The third-order valence-electron chi connectivity index (χ3n) is 3.12. The largest absolute Gasteiger partial charge is 0.508 e. The lowest BCUT2D eigenvalue weighted by Crippen LogP contribution is -2.13. The first-order valence-corrected chi connectivity index (χ1v) is 6.43. The number of methoxy groups -OCH3 is 2. The number of benzene rings is 2. The molecule has 0 aliphatic rings. The number of hydrogen-bond acceptors (Lipinski definition) is 4. The van der Waals surface area contributed by atoms with Crippen molar-refractivity contribution in [2.45, 2.75) is 13.1 Å². The zero-order valence-electron chi connectivity index (χ0n) is 11.7. The van der Waals surface area contributed by atoms with E-state index in [2.05, 4.69) is 5.32 Å². The normalized spacial score (nSPS) is 10.3. The highest BCUT2D eigenvalue weighted by Crippen LogP contribution is 2.24. The summed E-state index contributed by atoms with van der Waals surface area (Å²) in [7, 11) is 3.27. The molecule has 2 N–H and O–H groups in total. The van der Waals surface area contributed by atoms with Gasteiger partial charge < -0.3 is 19.9 Å². The Balaban J connectivity index is 1.99. The van der Waals surface area contributed by atoms with Gasteiger partial charge in [0.05, 0.1) is 14.2 Å². The van der Waals surface area contributed by atoms with E-state index in [0.717, 1.165) is 22.6 Å². The van der Waals surface area contributed by atoms with E-state index in [1.807, 2.05) is 36.4 Å². The summed E-state index contributed by atoms with van der Waals surface area (Å²) in [4.78, 5) is 0. The quantitative estimate of drug-likeness (QED) is 0.849. The van der Waals surface area contributed by atoms with Crippen LogP contribution in [0, 0.1) is 0 Å². The van der Waals surface area contributed by atoms with Gasteiger partial charge in [-0.25, -0.2) is 0 Å². The van der Waals surface area contributed by atoms with Gasteiger partial charge in [-0.05, 0) is 12.1 Å². The van der Waals surface area contributed by atoms with Crippen LogP contribution in [0.15, 0.2) is 42.5 Å². The Morgan fingerprint density at radius 3 is 2.40 bits per heavy atom. The van der Waals surface area contributed by atoms with E-state index in [4.69, 9.17) is 9.47 Å². The van der Waals surface area contributed by atoms with Gasteiger partial charge in [0.2, 0.25) is 0 Å². The van der Waals surface area contributed by atoms with Crippen LogP contribution in [0.2, 0.25) is 0 Å². The van der Waals surface area contributed by atoms with Crippen LogP contribution in [0.1, 0.15) is 11.1 Å². The summed E-state index contributed by atoms with van der Waals surface area (Å²) in [6, 6.07) is 13.0. The first kappa shape index (κ1) is 14.2. The summed E-state index contributed by atoms with van der Waals surface area (Å²) in [6.45, 7) is 1.25. The van der Waals surface area contributed by atoms with Crippen molar-refractivity contribution in [2.24, 2.45) is 0 Å². The third kappa shape index (κ3) is 3.42. The molecule has 0 radical (unpaired) electrons. The molecule has 0 saturated carbocycles. The molecule has 0 fully saturated rings. The number of phenols is 1. The molecule has 0 spiro atoms. The van der Waals surface area contributed by atoms with Gasteiger partial charge in [0.15, 0.2) is 0 Å². The van der Waals surface area contributed by atoms with Crippen LogP contribution >= 0.6 is 0 Å². The highest BCUT2D eigenvalue weighted by Gasteiger charge is 2.05. The lowest BCUT2D eigenvalue weighted by Gasteiger charge is -2.11. The predicted octanol–water partition coefficient (Wildman–Crippen LogP) is 2.70. The molecule has 4 heteroatoms. The Hall–Kier alpha value is -2.20. The first-order chi connectivity index (χ1) is 9.74. The van der Waals surface area contributed by atoms with Gasteiger partial charge in [-0.15, -0.1) is 0 Å². The summed E-state index contributed by atoms with van der Waals surface area (Å²) in [5.41, 5.74) is 1.92. The molecule has 0 bridgehead atoms. The first-order valence-electron chi connectivity index (χ1n) is 6.43. The number of ether oxygens (including phenoxy) is 2. The molecule has 2 aromatic rings. The van der Waals surface area contributed by atoms with Crippen molar-refractivity contribution in [2.75, 3.05) is 14.2 Å². The molecule has 0 amide bonds. The highest BCUT2D eigenvalue weighted by atomic mass is 16.5. The van der Waals surface area contributed by atoms with Crippen LogP contribution < -0.4 is 14.8 Å². The molecule has 2 aromatic carbocycles. The molecule has 106 valence electrons. The molecule has 0 aliphatic heterocycles. The van der Waals surface area contributed by atoms with Crippen molar-refractivity contribution < 1.29 is 14.6 Å². The van der Waals surface area contributed by atoms with Crippen LogP contribution in [0.3, 0.4) is 0 Å². The maximum Gasteiger partial charge on any atom is 0.127 e. The topological polar surface area (TPSA) is 50.7 Å². The van der Waals surface area contributed by atoms with Crippen LogP contribution in [0.5, 0.6) is 17.2 Å². The zero-order chi connectivity index (χ0) is 14.4. The Labute approximate surface area is 119 Å². The molecule has 2 rings (SSSR count). The maximum atomic E-state index is 9.70. The standard InChI is InChI=1S/C16H19NO3/c1-19-14-8-7-13(16(9-14)20-2)11-17-10-12-5-3-4-6-15(12)18/h3-9,17-18H,10-11H2,1-2H3. The van der Waals surface area contributed by atoms with Gasteiger partial charge in [0.1, 0.15) is 17.2 Å². The van der Waals surface area contributed by atoms with E-state index in [1.54, 1.807) is 20.3 Å². The van der Waals surface area contributed by atoms with Crippen molar-refractivity contribution in [3.63, 3.8) is 0 Å². The minimum Gasteiger partial charge on any atom is -0.508 e. The van der Waals surface area contributed by atoms with E-state index >= 15 is 0 Å². The Bertz CT molecular complexity index is 569. The monoisotopic (exact) mass is 273 g/mol. The summed E-state index contributed by atoms with van der Waals surface area (Å²) in [5.74, 6) is 1.86. The second kappa shape index (κ2) is 6.82. The van der Waals surface area contributed by atoms with Crippen molar-refractivity contribution in [3.8, 4) is 17.2 Å². The Kier molecular flexibility index (Phi) is 4.85. The second-order valence-electron chi connectivity index (χ2n) is 4.41. The summed E-state index contributed by atoms with van der Waals surface area (Å²) in [5, 5.41) is 13.0. The molecular formula is C16H19NO3. The third-order valence-corrected chi connectivity index (χ3v) is 3.12. The van der Waals surface area contributed by atoms with Crippen LogP contribution in [0.4, 0.5) is 0 Å². The molecule has 0 aliphatic carbocycles. The fourth-order valence-electron chi connectivity index (χ4n) is 1.99. The fraction of sp³-hybridized carbons (Fsp3) is 0.250. The molecule has 4 nitrogen and oxygen atoms in total. The summed E-state index contributed by atoms with van der Waals surface area (Å²) >= 11 is 0. The van der Waals surface area contributed by atoms with E-state index < -0.39 is 0 Å². The number of para-hydroxylation sites is 1. The Morgan fingerprint density at radius 1 is 0.950 bits per heavy atom. The van der Waals surface area contributed by atoms with Gasteiger partial charge in [-0.2, -0.15) is 0 Å². The molecule has 0 heterocycles. The number of phenolic OH excluding ortho intramolecular Hbond substituents is 1. The fourth-order valence-corrected chi connectivity index (χ4v) is 1.99. The van der Waals surface area contributed by atoms with Crippen LogP contribution in [-0.2, 0) is 13.1 Å². The van der Waals surface area contributed by atoms with Crippen molar-refractivity contribution in [3.05, 3.63) is 53.6 Å². The van der Waals surface area contributed by atoms with E-state index in [-0.39, 0.29) is 0 Å². The second-order valence-corrected chi connectivity index (χ2v) is 4.41. The van der Waals surface area contributed by atoms with E-state index in [9.17, 15) is 5.11 Å². The highest BCUT2D eigenvalue weighted by molar-refractivity contribution is 5.40. The lowest BCUT2D eigenvalue weighted by atomic mass is 10.1.